The molecule has 0 spiro atoms. The van der Waals surface area contributed by atoms with E-state index >= 15 is 0 Å². The van der Waals surface area contributed by atoms with Crippen molar-refractivity contribution in [3.63, 3.8) is 0 Å². The van der Waals surface area contributed by atoms with Crippen LogP contribution in [0.3, 0.4) is 0 Å². The van der Waals surface area contributed by atoms with Gasteiger partial charge < -0.3 is 15.6 Å². The maximum Gasteiger partial charge on any atom is 0.239 e. The number of nitrogens with two attached hydrogens (primary N) is 1. The van der Waals surface area contributed by atoms with Gasteiger partial charge in [-0.2, -0.15) is 4.31 Å². The van der Waals surface area contributed by atoms with Crippen LogP contribution < -0.4 is 5.73 Å². The average Bonchev–Trinajstić information content (AvgIpc) is 3.15. The number of fused-ring (bicyclic) bond motifs is 1. The molecule has 3 N–H and O–H groups in total. The first kappa shape index (κ1) is 22.0. The summed E-state index contributed by atoms with van der Waals surface area (Å²) in [5, 5.41) is 10.7. The van der Waals surface area contributed by atoms with E-state index in [1.165, 1.54) is 4.31 Å². The number of rotatable bonds is 9. The van der Waals surface area contributed by atoms with Crippen molar-refractivity contribution in [2.24, 2.45) is 17.6 Å². The van der Waals surface area contributed by atoms with Gasteiger partial charge in [-0.05, 0) is 42.9 Å². The number of benzene rings is 1. The van der Waals surface area contributed by atoms with E-state index < -0.39 is 22.2 Å². The molecule has 1 aromatic carbocycles. The monoisotopic (exact) mass is 420 g/mol. The summed E-state index contributed by atoms with van der Waals surface area (Å²) >= 11 is 0. The van der Waals surface area contributed by atoms with Crippen LogP contribution in [0, 0.1) is 11.8 Å². The normalized spacial score (nSPS) is 21.4. The Bertz CT molecular complexity index is 849. The Balaban J connectivity index is 1.73. The number of hydrogen-bond acceptors (Lipinski definition) is 5. The van der Waals surface area contributed by atoms with Crippen molar-refractivity contribution in [1.82, 2.24) is 4.31 Å². The number of ether oxygens (including phenoxy) is 1. The van der Waals surface area contributed by atoms with Crippen molar-refractivity contribution in [2.45, 2.75) is 45.3 Å². The number of aliphatic hydroxyl groups excluding tert-OH is 1. The summed E-state index contributed by atoms with van der Waals surface area (Å²) in [5.74, 6) is 1.15. The second-order valence-corrected chi connectivity index (χ2v) is 10.4. The first-order valence-corrected chi connectivity index (χ1v) is 11.7. The van der Waals surface area contributed by atoms with Gasteiger partial charge in [0.2, 0.25) is 10.0 Å². The molecule has 1 fully saturated rings. The Hall–Kier alpha value is -1.67. The molecule has 1 heterocycles. The minimum Gasteiger partial charge on any atom is -0.498 e. The number of aliphatic hydroxyl groups is 1. The fraction of sp³-hybridized carbons (Fsp3) is 0.545. The summed E-state index contributed by atoms with van der Waals surface area (Å²) in [6.45, 7) is 4.91. The molecule has 1 aromatic rings. The summed E-state index contributed by atoms with van der Waals surface area (Å²) in [5.41, 5.74) is 7.23. The van der Waals surface area contributed by atoms with Gasteiger partial charge >= 0.3 is 0 Å². The van der Waals surface area contributed by atoms with Gasteiger partial charge in [0.15, 0.2) is 0 Å². The Morgan fingerprint density at radius 2 is 1.93 bits per heavy atom. The first-order valence-electron chi connectivity index (χ1n) is 10.3. The zero-order valence-corrected chi connectivity index (χ0v) is 18.0. The Morgan fingerprint density at radius 1 is 1.21 bits per heavy atom. The van der Waals surface area contributed by atoms with Gasteiger partial charge in [-0.15, -0.1) is 0 Å². The van der Waals surface area contributed by atoms with E-state index in [9.17, 15) is 13.5 Å². The van der Waals surface area contributed by atoms with E-state index in [1.54, 1.807) is 12.2 Å². The van der Waals surface area contributed by atoms with Crippen LogP contribution in [-0.4, -0.2) is 49.7 Å². The third-order valence-electron chi connectivity index (χ3n) is 5.46. The van der Waals surface area contributed by atoms with Gasteiger partial charge in [0.05, 0.1) is 23.4 Å². The lowest BCUT2D eigenvalue weighted by Crippen LogP contribution is -2.47. The standard InChI is InChI=1S/C22H32N2O4S/c1-16(2)14-24(15-21(25)20(23)12-17-6-4-3-5-7-17)29(26,27)19-8-9-22-18(13-19)10-11-28-22/h3-9,16,18,20-21,25H,10-15,23H2,1-2H3/t18?,20-,21+/m0/s1. The zero-order chi connectivity index (χ0) is 21.0. The lowest BCUT2D eigenvalue weighted by atomic mass is 9.98. The molecule has 1 unspecified atom stereocenters. The maximum atomic E-state index is 13.4. The van der Waals surface area contributed by atoms with Gasteiger partial charge in [0, 0.05) is 25.0 Å². The van der Waals surface area contributed by atoms with E-state index in [2.05, 4.69) is 0 Å². The highest BCUT2D eigenvalue weighted by atomic mass is 32.2. The third-order valence-corrected chi connectivity index (χ3v) is 7.40. The number of allylic oxidation sites excluding steroid dienone is 4. The average molecular weight is 421 g/mol. The Kier molecular flexibility index (Phi) is 7.16. The second kappa shape index (κ2) is 9.43. The van der Waals surface area contributed by atoms with Crippen LogP contribution in [0.2, 0.25) is 0 Å². The lowest BCUT2D eigenvalue weighted by Gasteiger charge is -2.30. The Morgan fingerprint density at radius 3 is 2.62 bits per heavy atom. The minimum absolute atomic E-state index is 0.0103. The SMILES string of the molecule is CC(C)CN(C[C@@H](O)[C@@H](N)Cc1ccccc1)S(=O)(=O)C1=CC=C2OCCC2C1. The van der Waals surface area contributed by atoms with E-state index in [0.717, 1.165) is 17.7 Å². The fourth-order valence-corrected chi connectivity index (χ4v) is 5.68. The zero-order valence-electron chi connectivity index (χ0n) is 17.2. The van der Waals surface area contributed by atoms with E-state index in [1.807, 2.05) is 44.2 Å². The number of hydrogen-bond donors (Lipinski definition) is 2. The van der Waals surface area contributed by atoms with Crippen molar-refractivity contribution in [3.8, 4) is 0 Å². The topological polar surface area (TPSA) is 92.9 Å². The van der Waals surface area contributed by atoms with E-state index in [4.69, 9.17) is 10.5 Å². The molecule has 3 rings (SSSR count). The predicted molar refractivity (Wildman–Crippen MR) is 114 cm³/mol. The van der Waals surface area contributed by atoms with Crippen LogP contribution in [0.5, 0.6) is 0 Å². The molecule has 0 amide bonds. The van der Waals surface area contributed by atoms with Crippen LogP contribution in [0.1, 0.15) is 32.3 Å². The molecule has 6 nitrogen and oxygen atoms in total. The molecule has 0 aromatic heterocycles. The van der Waals surface area contributed by atoms with Gasteiger partial charge in [0.1, 0.15) is 0 Å². The molecule has 3 atom stereocenters. The summed E-state index contributed by atoms with van der Waals surface area (Å²) in [6.07, 6.45) is 4.26. The van der Waals surface area contributed by atoms with Crippen LogP contribution >= 0.6 is 0 Å². The molecule has 0 bridgehead atoms. The number of nitrogens with zero attached hydrogens (tertiary/aromatic N) is 1. The molecular weight excluding hydrogens is 388 g/mol. The highest BCUT2D eigenvalue weighted by Crippen LogP contribution is 2.36. The van der Waals surface area contributed by atoms with Crippen molar-refractivity contribution in [2.75, 3.05) is 19.7 Å². The largest absolute Gasteiger partial charge is 0.498 e. The molecule has 1 saturated heterocycles. The summed E-state index contributed by atoms with van der Waals surface area (Å²) < 4.78 is 33.7. The van der Waals surface area contributed by atoms with Crippen molar-refractivity contribution < 1.29 is 18.3 Å². The quantitative estimate of drug-likeness (QED) is 0.640. The first-order chi connectivity index (χ1) is 13.8. The van der Waals surface area contributed by atoms with Gasteiger partial charge in [-0.3, -0.25) is 0 Å². The summed E-state index contributed by atoms with van der Waals surface area (Å²) in [6, 6.07) is 9.14. The van der Waals surface area contributed by atoms with E-state index in [0.29, 0.717) is 30.9 Å². The molecule has 1 aliphatic carbocycles. The smallest absolute Gasteiger partial charge is 0.239 e. The lowest BCUT2D eigenvalue weighted by molar-refractivity contribution is 0.116. The van der Waals surface area contributed by atoms with E-state index in [-0.39, 0.29) is 18.4 Å². The molecule has 29 heavy (non-hydrogen) atoms. The molecular formula is C22H32N2O4S. The summed E-state index contributed by atoms with van der Waals surface area (Å²) in [7, 11) is -3.68. The van der Waals surface area contributed by atoms with Crippen LogP contribution in [0.15, 0.2) is 53.1 Å². The molecule has 2 aliphatic rings. The molecule has 1 aliphatic heterocycles. The minimum atomic E-state index is -3.68. The van der Waals surface area contributed by atoms with Crippen LogP contribution in [0.25, 0.3) is 0 Å². The molecule has 160 valence electrons. The van der Waals surface area contributed by atoms with Crippen molar-refractivity contribution in [1.29, 1.82) is 0 Å². The molecule has 7 heteroatoms. The second-order valence-electron chi connectivity index (χ2n) is 8.38. The van der Waals surface area contributed by atoms with Crippen LogP contribution in [0.4, 0.5) is 0 Å². The number of sulfonamides is 1. The highest BCUT2D eigenvalue weighted by Gasteiger charge is 2.35. The van der Waals surface area contributed by atoms with Crippen LogP contribution in [-0.2, 0) is 21.2 Å². The molecule has 0 radical (unpaired) electrons. The molecule has 0 saturated carbocycles. The maximum absolute atomic E-state index is 13.4. The van der Waals surface area contributed by atoms with Crippen molar-refractivity contribution >= 4 is 10.0 Å². The fourth-order valence-electron chi connectivity index (χ4n) is 3.85. The Labute approximate surface area is 174 Å². The highest BCUT2D eigenvalue weighted by molar-refractivity contribution is 7.93. The van der Waals surface area contributed by atoms with Crippen molar-refractivity contribution in [3.05, 3.63) is 58.7 Å². The predicted octanol–water partition coefficient (Wildman–Crippen LogP) is 2.41. The third kappa shape index (κ3) is 5.48. The van der Waals surface area contributed by atoms with Gasteiger partial charge in [-0.1, -0.05) is 44.2 Å². The van der Waals surface area contributed by atoms with Gasteiger partial charge in [-0.25, -0.2) is 8.42 Å². The summed E-state index contributed by atoms with van der Waals surface area (Å²) in [4.78, 5) is 0.390. The van der Waals surface area contributed by atoms with Gasteiger partial charge in [0.25, 0.3) is 0 Å².